The zero-order valence-corrected chi connectivity index (χ0v) is 14.1. The number of rotatable bonds is 6. The van der Waals surface area contributed by atoms with Crippen molar-refractivity contribution in [3.8, 4) is 0 Å². The van der Waals surface area contributed by atoms with Crippen LogP contribution < -0.4 is 5.32 Å². The highest BCUT2D eigenvalue weighted by Crippen LogP contribution is 2.18. The summed E-state index contributed by atoms with van der Waals surface area (Å²) in [5.74, 6) is 1.10. The van der Waals surface area contributed by atoms with Crippen LogP contribution in [0.25, 0.3) is 0 Å². The Morgan fingerprint density at radius 1 is 1.12 bits per heavy atom. The lowest BCUT2D eigenvalue weighted by Gasteiger charge is -2.02. The molecule has 1 aromatic carbocycles. The van der Waals surface area contributed by atoms with E-state index < -0.39 is 10.8 Å². The molecular formula is C17H14ClNO4S. The van der Waals surface area contributed by atoms with Crippen LogP contribution in [0.2, 0.25) is 5.02 Å². The van der Waals surface area contributed by atoms with Gasteiger partial charge in [-0.15, -0.1) is 0 Å². The number of hydrogen-bond donors (Lipinski definition) is 1. The fourth-order valence-corrected chi connectivity index (χ4v) is 3.39. The average Bonchev–Trinajstić information content (AvgIpc) is 3.24. The fourth-order valence-electron chi connectivity index (χ4n) is 2.07. The molecule has 0 bridgehead atoms. The molecule has 3 aromatic rings. The fraction of sp³-hybridized carbons (Fsp3) is 0.118. The Morgan fingerprint density at radius 3 is 2.75 bits per heavy atom. The lowest BCUT2D eigenvalue weighted by Crippen LogP contribution is -2.21. The summed E-state index contributed by atoms with van der Waals surface area (Å²) in [6.45, 7) is 0.274. The van der Waals surface area contributed by atoms with Gasteiger partial charge in [-0.3, -0.25) is 9.00 Å². The molecule has 0 fully saturated rings. The van der Waals surface area contributed by atoms with E-state index in [0.29, 0.717) is 21.4 Å². The van der Waals surface area contributed by atoms with Gasteiger partial charge in [0.25, 0.3) is 5.91 Å². The van der Waals surface area contributed by atoms with Crippen LogP contribution >= 0.6 is 11.6 Å². The van der Waals surface area contributed by atoms with Gasteiger partial charge >= 0.3 is 0 Å². The molecule has 0 spiro atoms. The second-order valence-electron chi connectivity index (χ2n) is 4.98. The van der Waals surface area contributed by atoms with Crippen molar-refractivity contribution in [2.45, 2.75) is 17.2 Å². The van der Waals surface area contributed by atoms with Gasteiger partial charge < -0.3 is 14.2 Å². The minimum atomic E-state index is -1.30. The molecule has 1 atom stereocenters. The second kappa shape index (κ2) is 7.51. The number of nitrogens with one attached hydrogen (secondary N) is 1. The van der Waals surface area contributed by atoms with Crippen molar-refractivity contribution in [1.29, 1.82) is 0 Å². The molecule has 3 rings (SSSR count). The van der Waals surface area contributed by atoms with Crippen molar-refractivity contribution in [2.75, 3.05) is 0 Å². The summed E-state index contributed by atoms with van der Waals surface area (Å²) in [5.41, 5.74) is 0. The second-order valence-corrected chi connectivity index (χ2v) is 6.86. The topological polar surface area (TPSA) is 72.5 Å². The molecule has 7 heteroatoms. The highest BCUT2D eigenvalue weighted by molar-refractivity contribution is 7.84. The van der Waals surface area contributed by atoms with E-state index in [9.17, 15) is 9.00 Å². The number of carbonyl (C=O) groups is 1. The summed E-state index contributed by atoms with van der Waals surface area (Å²) in [6, 6.07) is 13.6. The molecule has 0 aliphatic heterocycles. The van der Waals surface area contributed by atoms with E-state index in [1.807, 2.05) is 0 Å². The Balaban J connectivity index is 1.60. The molecule has 24 heavy (non-hydrogen) atoms. The van der Waals surface area contributed by atoms with Crippen molar-refractivity contribution in [1.82, 2.24) is 5.32 Å². The molecule has 0 radical (unpaired) electrons. The Kier molecular flexibility index (Phi) is 5.17. The summed E-state index contributed by atoms with van der Waals surface area (Å²) >= 11 is 5.90. The van der Waals surface area contributed by atoms with Gasteiger partial charge in [-0.25, -0.2) is 0 Å². The lowest BCUT2D eigenvalue weighted by atomic mass is 10.4. The van der Waals surface area contributed by atoms with E-state index in [2.05, 4.69) is 5.32 Å². The van der Waals surface area contributed by atoms with Gasteiger partial charge in [0.2, 0.25) is 0 Å². The SMILES string of the molecule is O=C(NCc1ccco1)c1ccc(C[S@@](=O)c2cccc(Cl)c2)o1. The minimum absolute atomic E-state index is 0.166. The summed E-state index contributed by atoms with van der Waals surface area (Å²) < 4.78 is 22.9. The zero-order chi connectivity index (χ0) is 16.9. The number of hydrogen-bond acceptors (Lipinski definition) is 4. The van der Waals surface area contributed by atoms with Crippen LogP contribution in [0.5, 0.6) is 0 Å². The number of furan rings is 2. The first-order chi connectivity index (χ1) is 11.6. The smallest absolute Gasteiger partial charge is 0.287 e. The van der Waals surface area contributed by atoms with E-state index in [1.165, 1.54) is 6.26 Å². The Bertz CT molecular complexity index is 857. The lowest BCUT2D eigenvalue weighted by molar-refractivity contribution is 0.0919. The quantitative estimate of drug-likeness (QED) is 0.723. The molecule has 0 aliphatic carbocycles. The normalized spacial score (nSPS) is 12.0. The first-order valence-corrected chi connectivity index (χ1v) is 8.85. The average molecular weight is 364 g/mol. The van der Waals surface area contributed by atoms with Crippen LogP contribution in [0, 0.1) is 0 Å². The van der Waals surface area contributed by atoms with Gasteiger partial charge in [0.1, 0.15) is 11.5 Å². The first kappa shape index (κ1) is 16.5. The highest BCUT2D eigenvalue weighted by atomic mass is 35.5. The molecule has 1 amide bonds. The van der Waals surface area contributed by atoms with Crippen molar-refractivity contribution in [3.63, 3.8) is 0 Å². The van der Waals surface area contributed by atoms with E-state index in [0.717, 1.165) is 0 Å². The van der Waals surface area contributed by atoms with Crippen LogP contribution in [0.4, 0.5) is 0 Å². The van der Waals surface area contributed by atoms with Crippen molar-refractivity contribution in [2.24, 2.45) is 0 Å². The van der Waals surface area contributed by atoms with Gasteiger partial charge in [0.15, 0.2) is 5.76 Å². The standard InChI is InChI=1S/C17H14ClNO4S/c18-12-3-1-5-15(9-12)24(21)11-14-6-7-16(23-14)17(20)19-10-13-4-2-8-22-13/h1-9H,10-11H2,(H,19,20)/t24-/m1/s1. The maximum absolute atomic E-state index is 12.3. The zero-order valence-electron chi connectivity index (χ0n) is 12.5. The molecule has 0 saturated heterocycles. The maximum atomic E-state index is 12.3. The number of carbonyl (C=O) groups excluding carboxylic acids is 1. The Labute approximate surface area is 146 Å². The molecule has 0 aliphatic rings. The summed E-state index contributed by atoms with van der Waals surface area (Å²) in [5, 5.41) is 3.21. The monoisotopic (exact) mass is 363 g/mol. The van der Waals surface area contributed by atoms with Crippen LogP contribution in [-0.2, 0) is 23.1 Å². The van der Waals surface area contributed by atoms with Gasteiger partial charge in [0.05, 0.1) is 29.4 Å². The molecule has 0 unspecified atom stereocenters. The molecule has 2 aromatic heterocycles. The minimum Gasteiger partial charge on any atom is -0.467 e. The van der Waals surface area contributed by atoms with E-state index in [-0.39, 0.29) is 24.0 Å². The predicted octanol–water partition coefficient (Wildman–Crippen LogP) is 3.76. The maximum Gasteiger partial charge on any atom is 0.287 e. The highest BCUT2D eigenvalue weighted by Gasteiger charge is 2.14. The van der Waals surface area contributed by atoms with Gasteiger partial charge in [-0.05, 0) is 42.5 Å². The first-order valence-electron chi connectivity index (χ1n) is 7.15. The Hall–Kier alpha value is -2.31. The van der Waals surface area contributed by atoms with Gasteiger partial charge in [-0.2, -0.15) is 0 Å². The third-order valence-corrected chi connectivity index (χ3v) is 4.78. The summed E-state index contributed by atoms with van der Waals surface area (Å²) in [6.07, 6.45) is 1.54. The van der Waals surface area contributed by atoms with Gasteiger partial charge in [0, 0.05) is 9.92 Å². The summed E-state index contributed by atoms with van der Waals surface area (Å²) in [4.78, 5) is 12.6. The van der Waals surface area contributed by atoms with Crippen LogP contribution in [0.15, 0.2) is 68.5 Å². The van der Waals surface area contributed by atoms with E-state index >= 15 is 0 Å². The van der Waals surface area contributed by atoms with E-state index in [4.69, 9.17) is 20.4 Å². The van der Waals surface area contributed by atoms with Crippen LogP contribution in [0.1, 0.15) is 22.1 Å². The third-order valence-electron chi connectivity index (χ3n) is 3.22. The van der Waals surface area contributed by atoms with Crippen molar-refractivity contribution >= 4 is 28.3 Å². The van der Waals surface area contributed by atoms with Crippen LogP contribution in [0.3, 0.4) is 0 Å². The third kappa shape index (κ3) is 4.15. The Morgan fingerprint density at radius 2 is 2.00 bits per heavy atom. The van der Waals surface area contributed by atoms with Crippen molar-refractivity contribution < 1.29 is 17.8 Å². The van der Waals surface area contributed by atoms with Crippen molar-refractivity contribution in [3.05, 3.63) is 77.1 Å². The largest absolute Gasteiger partial charge is 0.467 e. The van der Waals surface area contributed by atoms with E-state index in [1.54, 1.807) is 48.5 Å². The number of amides is 1. The number of halogens is 1. The molecule has 0 saturated carbocycles. The molecule has 124 valence electrons. The van der Waals surface area contributed by atoms with Crippen LogP contribution in [-0.4, -0.2) is 10.1 Å². The predicted molar refractivity (Wildman–Crippen MR) is 90.2 cm³/mol. The number of benzene rings is 1. The molecule has 2 heterocycles. The molecule has 5 nitrogen and oxygen atoms in total. The molecular weight excluding hydrogens is 350 g/mol. The molecule has 1 N–H and O–H groups in total. The summed E-state index contributed by atoms with van der Waals surface area (Å²) in [7, 11) is -1.30. The van der Waals surface area contributed by atoms with Gasteiger partial charge in [-0.1, -0.05) is 17.7 Å².